The Morgan fingerprint density at radius 3 is 0.833 bits per heavy atom. The van der Waals surface area contributed by atoms with Crippen LogP contribution < -0.4 is 0 Å². The molecule has 0 bridgehead atoms. The summed E-state index contributed by atoms with van der Waals surface area (Å²) in [6, 6.07) is 0. The summed E-state index contributed by atoms with van der Waals surface area (Å²) in [4.78, 5) is 0. The number of rotatable bonds is 0. The fraction of sp³-hybridized carbons (Fsp3) is 1.00. The molecule has 0 saturated carbocycles. The van der Waals surface area contributed by atoms with Gasteiger partial charge in [-0.05, 0) is 0 Å². The van der Waals surface area contributed by atoms with Gasteiger partial charge in [0, 0.05) is 0 Å². The first-order valence-electron chi connectivity index (χ1n) is 0.655. The SMILES string of the molecule is Br.Br.ClC(Cl)Cl. The van der Waals surface area contributed by atoms with Crippen LogP contribution in [0.3, 0.4) is 0 Å². The molecule has 0 aliphatic heterocycles. The second-order valence-corrected chi connectivity index (χ2v) is 2.23. The van der Waals surface area contributed by atoms with Gasteiger partial charge < -0.3 is 0 Å². The van der Waals surface area contributed by atoms with E-state index in [1.807, 2.05) is 0 Å². The van der Waals surface area contributed by atoms with E-state index in [-0.39, 0.29) is 34.0 Å². The fourth-order valence-corrected chi connectivity index (χ4v) is 0. The van der Waals surface area contributed by atoms with Gasteiger partial charge in [0.15, 0.2) is 4.30 Å². The molecule has 0 rings (SSSR count). The summed E-state index contributed by atoms with van der Waals surface area (Å²) in [6.07, 6.45) is 0. The summed E-state index contributed by atoms with van der Waals surface area (Å²) in [5.41, 5.74) is 0. The zero-order valence-corrected chi connectivity index (χ0v) is 8.22. The molecule has 0 amide bonds. The van der Waals surface area contributed by atoms with Gasteiger partial charge in [0.25, 0.3) is 0 Å². The molecular weight excluding hydrogens is 278 g/mol. The molecule has 0 aliphatic carbocycles. The summed E-state index contributed by atoms with van der Waals surface area (Å²) in [5.74, 6) is 0. The lowest BCUT2D eigenvalue weighted by atomic mass is 11.9. The van der Waals surface area contributed by atoms with Gasteiger partial charge >= 0.3 is 0 Å². The Labute approximate surface area is 72.7 Å². The third-order valence-corrected chi connectivity index (χ3v) is 0. The van der Waals surface area contributed by atoms with E-state index in [1.165, 1.54) is 0 Å². The van der Waals surface area contributed by atoms with Crippen LogP contribution in [0.15, 0.2) is 0 Å². The van der Waals surface area contributed by atoms with Crippen LogP contribution in [-0.2, 0) is 0 Å². The molecule has 42 valence electrons. The molecule has 6 heavy (non-hydrogen) atoms. The zero-order chi connectivity index (χ0) is 3.58. The van der Waals surface area contributed by atoms with Crippen molar-refractivity contribution >= 4 is 68.8 Å². The minimum absolute atomic E-state index is 0. The van der Waals surface area contributed by atoms with Crippen molar-refractivity contribution in [2.45, 2.75) is 4.30 Å². The van der Waals surface area contributed by atoms with Crippen LogP contribution in [0.4, 0.5) is 0 Å². The Bertz CT molecular complexity index is 13.5. The highest BCUT2D eigenvalue weighted by atomic mass is 79.9. The minimum Gasteiger partial charge on any atom is -0.114 e. The Morgan fingerprint density at radius 1 is 0.833 bits per heavy atom. The van der Waals surface area contributed by atoms with Crippen molar-refractivity contribution in [3.05, 3.63) is 0 Å². The van der Waals surface area contributed by atoms with Gasteiger partial charge in [0.1, 0.15) is 0 Å². The lowest BCUT2D eigenvalue weighted by Crippen LogP contribution is -1.55. The fourth-order valence-electron chi connectivity index (χ4n) is 0. The van der Waals surface area contributed by atoms with E-state index in [0.717, 1.165) is 0 Å². The largest absolute Gasteiger partial charge is 0.180 e. The normalized spacial score (nSPS) is 6.00. The Kier molecular flexibility index (Phi) is 26.0. The highest BCUT2D eigenvalue weighted by Crippen LogP contribution is 2.03. The van der Waals surface area contributed by atoms with E-state index in [1.54, 1.807) is 0 Å². The molecule has 0 heterocycles. The number of alkyl halides is 3. The predicted molar refractivity (Wildman–Crippen MR) is 42.0 cm³/mol. The first-order valence-corrected chi connectivity index (χ1v) is 1.96. The summed E-state index contributed by atoms with van der Waals surface area (Å²) in [7, 11) is 0. The van der Waals surface area contributed by atoms with E-state index in [0.29, 0.717) is 0 Å². The molecule has 0 nitrogen and oxygen atoms in total. The van der Waals surface area contributed by atoms with Crippen LogP contribution in [0.5, 0.6) is 0 Å². The van der Waals surface area contributed by atoms with Crippen molar-refractivity contribution in [3.63, 3.8) is 0 Å². The Morgan fingerprint density at radius 2 is 0.833 bits per heavy atom. The topological polar surface area (TPSA) is 0 Å². The smallest absolute Gasteiger partial charge is 0.114 e. The van der Waals surface area contributed by atoms with Crippen molar-refractivity contribution in [1.29, 1.82) is 0 Å². The average molecular weight is 281 g/mol. The highest BCUT2D eigenvalue weighted by molar-refractivity contribution is 8.93. The molecule has 0 radical (unpaired) electrons. The molecule has 5 heteroatoms. The third-order valence-electron chi connectivity index (χ3n) is 0. The quantitative estimate of drug-likeness (QED) is 0.598. The first kappa shape index (κ1) is 15.7. The van der Waals surface area contributed by atoms with E-state index in [2.05, 4.69) is 0 Å². The number of hydrogen-bond donors (Lipinski definition) is 0. The average Bonchev–Trinajstić information content (AvgIpc) is 0.811. The molecule has 0 saturated heterocycles. The van der Waals surface area contributed by atoms with Crippen molar-refractivity contribution < 1.29 is 0 Å². The standard InChI is InChI=1S/CHCl3.2BrH/c2-1(3)4;;/h1H;2*1H. The van der Waals surface area contributed by atoms with Crippen LogP contribution in [0.2, 0.25) is 0 Å². The van der Waals surface area contributed by atoms with Gasteiger partial charge in [0.05, 0.1) is 0 Å². The van der Waals surface area contributed by atoms with Crippen LogP contribution in [-0.4, -0.2) is 4.30 Å². The lowest BCUT2D eigenvalue weighted by Gasteiger charge is -1.69. The maximum absolute atomic E-state index is 4.81. The zero-order valence-electron chi connectivity index (χ0n) is 2.53. The van der Waals surface area contributed by atoms with Gasteiger partial charge in [-0.25, -0.2) is 0 Å². The van der Waals surface area contributed by atoms with Crippen molar-refractivity contribution in [1.82, 2.24) is 0 Å². The van der Waals surface area contributed by atoms with Gasteiger partial charge in [-0.3, -0.25) is 0 Å². The molecule has 0 atom stereocenters. The van der Waals surface area contributed by atoms with Crippen LogP contribution in [0, 0.1) is 0 Å². The molecule has 0 N–H and O–H groups in total. The van der Waals surface area contributed by atoms with Gasteiger partial charge in [0.2, 0.25) is 0 Å². The molecule has 0 aromatic heterocycles. The molecule has 0 unspecified atom stereocenters. The molecule has 0 aliphatic rings. The van der Waals surface area contributed by atoms with E-state index < -0.39 is 4.30 Å². The van der Waals surface area contributed by atoms with Crippen LogP contribution in [0.25, 0.3) is 0 Å². The van der Waals surface area contributed by atoms with Crippen LogP contribution in [0.1, 0.15) is 0 Å². The monoisotopic (exact) mass is 278 g/mol. The summed E-state index contributed by atoms with van der Waals surface area (Å²) in [6.45, 7) is 0. The molecular formula is CH3Br2Cl3. The maximum atomic E-state index is 4.81. The number of halogens is 5. The molecule has 0 aromatic carbocycles. The third kappa shape index (κ3) is 40.6. The van der Waals surface area contributed by atoms with Crippen molar-refractivity contribution in [3.8, 4) is 0 Å². The highest BCUT2D eigenvalue weighted by Gasteiger charge is 1.78. The van der Waals surface area contributed by atoms with E-state index >= 15 is 0 Å². The first-order chi connectivity index (χ1) is 1.73. The Hall–Kier alpha value is 1.83. The number of hydrogen-bond acceptors (Lipinski definition) is 0. The van der Waals surface area contributed by atoms with E-state index in [4.69, 9.17) is 34.8 Å². The lowest BCUT2D eigenvalue weighted by molar-refractivity contribution is 1.96. The molecule has 0 aromatic rings. The van der Waals surface area contributed by atoms with Gasteiger partial charge in [-0.15, -0.1) is 34.0 Å². The van der Waals surface area contributed by atoms with Crippen LogP contribution >= 0.6 is 68.8 Å². The van der Waals surface area contributed by atoms with Crippen molar-refractivity contribution in [2.75, 3.05) is 0 Å². The summed E-state index contributed by atoms with van der Waals surface area (Å²) < 4.78 is -0.750. The van der Waals surface area contributed by atoms with E-state index in [9.17, 15) is 0 Å². The predicted octanol–water partition coefficient (Wildman–Crippen LogP) is 3.14. The molecule has 0 fully saturated rings. The second-order valence-electron chi connectivity index (χ2n) is 0.247. The minimum atomic E-state index is -0.750. The summed E-state index contributed by atoms with van der Waals surface area (Å²) in [5, 5.41) is 0. The Balaban J connectivity index is -0.0000000450. The second kappa shape index (κ2) is 9.95. The maximum Gasteiger partial charge on any atom is 0.180 e. The van der Waals surface area contributed by atoms with Gasteiger partial charge in [-0.2, -0.15) is 0 Å². The van der Waals surface area contributed by atoms with Gasteiger partial charge in [-0.1, -0.05) is 34.8 Å². The molecule has 0 spiro atoms. The van der Waals surface area contributed by atoms with Crippen molar-refractivity contribution in [2.24, 2.45) is 0 Å². The summed E-state index contributed by atoms with van der Waals surface area (Å²) >= 11 is 14.4.